The Balaban J connectivity index is 2.34. The van der Waals surface area contributed by atoms with Crippen LogP contribution in [0.5, 0.6) is 0 Å². The van der Waals surface area contributed by atoms with Gasteiger partial charge in [0.1, 0.15) is 12.1 Å². The molecule has 0 aromatic carbocycles. The molecule has 0 atom stereocenters. The molecule has 0 saturated heterocycles. The first kappa shape index (κ1) is 18.7. The van der Waals surface area contributed by atoms with Crippen molar-refractivity contribution in [3.63, 3.8) is 0 Å². The summed E-state index contributed by atoms with van der Waals surface area (Å²) in [5.41, 5.74) is -0.503. The standard InChI is InChI=1S/C14H26N6O3/c1-6-15-12(18-9-11-19-10(2)23-20-11)16-7-8-17-13(21)22-14(3,4)5/h6-9H2,1-5H3,(H,17,21)(H2,15,16,18). The van der Waals surface area contributed by atoms with Crippen molar-refractivity contribution in [1.82, 2.24) is 26.1 Å². The number of aliphatic imine (C=N–C) groups is 1. The monoisotopic (exact) mass is 326 g/mol. The first-order valence-electron chi connectivity index (χ1n) is 7.58. The molecule has 0 aliphatic carbocycles. The SMILES string of the molecule is CCNC(=NCc1noc(C)n1)NCCNC(=O)OC(C)(C)C. The van der Waals surface area contributed by atoms with Gasteiger partial charge in [0.2, 0.25) is 5.89 Å². The summed E-state index contributed by atoms with van der Waals surface area (Å²) < 4.78 is 10.0. The maximum Gasteiger partial charge on any atom is 0.407 e. The number of hydrogen-bond donors (Lipinski definition) is 3. The highest BCUT2D eigenvalue weighted by Crippen LogP contribution is 2.05. The summed E-state index contributed by atoms with van der Waals surface area (Å²) in [5.74, 6) is 1.64. The van der Waals surface area contributed by atoms with Gasteiger partial charge >= 0.3 is 6.09 Å². The highest BCUT2D eigenvalue weighted by atomic mass is 16.6. The zero-order valence-electron chi connectivity index (χ0n) is 14.4. The molecule has 1 aromatic heterocycles. The lowest BCUT2D eigenvalue weighted by Crippen LogP contribution is -2.42. The molecule has 0 saturated carbocycles. The minimum Gasteiger partial charge on any atom is -0.444 e. The van der Waals surface area contributed by atoms with Gasteiger partial charge in [-0.2, -0.15) is 4.98 Å². The van der Waals surface area contributed by atoms with Gasteiger partial charge in [0.05, 0.1) is 0 Å². The highest BCUT2D eigenvalue weighted by molar-refractivity contribution is 5.79. The lowest BCUT2D eigenvalue weighted by atomic mass is 10.2. The Morgan fingerprint density at radius 2 is 1.96 bits per heavy atom. The summed E-state index contributed by atoms with van der Waals surface area (Å²) in [6, 6.07) is 0. The Hall–Kier alpha value is -2.32. The second-order valence-electron chi connectivity index (χ2n) is 5.78. The van der Waals surface area contributed by atoms with Crippen molar-refractivity contribution in [3.05, 3.63) is 11.7 Å². The van der Waals surface area contributed by atoms with Gasteiger partial charge in [-0.15, -0.1) is 0 Å². The predicted octanol–water partition coefficient (Wildman–Crippen LogP) is 0.958. The molecular formula is C14H26N6O3. The molecule has 0 aliphatic rings. The summed E-state index contributed by atoms with van der Waals surface area (Å²) in [4.78, 5) is 19.9. The van der Waals surface area contributed by atoms with Crippen LogP contribution < -0.4 is 16.0 Å². The number of ether oxygens (including phenoxy) is 1. The van der Waals surface area contributed by atoms with E-state index < -0.39 is 11.7 Å². The van der Waals surface area contributed by atoms with Crippen molar-refractivity contribution in [3.8, 4) is 0 Å². The zero-order valence-corrected chi connectivity index (χ0v) is 14.4. The molecule has 1 heterocycles. The van der Waals surface area contributed by atoms with Crippen molar-refractivity contribution in [2.24, 2.45) is 4.99 Å². The lowest BCUT2D eigenvalue weighted by molar-refractivity contribution is 0.0529. The maximum absolute atomic E-state index is 11.5. The quantitative estimate of drug-likeness (QED) is 0.405. The number of aryl methyl sites for hydroxylation is 1. The van der Waals surface area contributed by atoms with Crippen molar-refractivity contribution >= 4 is 12.1 Å². The van der Waals surface area contributed by atoms with Crippen LogP contribution >= 0.6 is 0 Å². The van der Waals surface area contributed by atoms with Crippen LogP contribution in [0.1, 0.15) is 39.4 Å². The Morgan fingerprint density at radius 3 is 2.52 bits per heavy atom. The number of aromatic nitrogens is 2. The van der Waals surface area contributed by atoms with Gasteiger partial charge in [-0.3, -0.25) is 0 Å². The minimum absolute atomic E-state index is 0.312. The van der Waals surface area contributed by atoms with E-state index in [9.17, 15) is 4.79 Å². The summed E-state index contributed by atoms with van der Waals surface area (Å²) in [7, 11) is 0. The number of nitrogens with zero attached hydrogens (tertiary/aromatic N) is 3. The topological polar surface area (TPSA) is 114 Å². The third kappa shape index (κ3) is 8.64. The Bertz CT molecular complexity index is 521. The number of carbonyl (C=O) groups is 1. The summed E-state index contributed by atoms with van der Waals surface area (Å²) in [5, 5.41) is 12.6. The number of alkyl carbamates (subject to hydrolysis) is 1. The number of hydrogen-bond acceptors (Lipinski definition) is 6. The molecule has 9 nitrogen and oxygen atoms in total. The van der Waals surface area contributed by atoms with Crippen LogP contribution in [0, 0.1) is 6.92 Å². The number of carbonyl (C=O) groups excluding carboxylic acids is 1. The van der Waals surface area contributed by atoms with Crippen LogP contribution in [0.25, 0.3) is 0 Å². The molecule has 1 amide bonds. The molecular weight excluding hydrogens is 300 g/mol. The first-order valence-corrected chi connectivity index (χ1v) is 7.58. The van der Waals surface area contributed by atoms with Crippen LogP contribution in [0.4, 0.5) is 4.79 Å². The average molecular weight is 326 g/mol. The van der Waals surface area contributed by atoms with Gasteiger partial charge in [-0.25, -0.2) is 9.79 Å². The molecule has 23 heavy (non-hydrogen) atoms. The number of nitrogens with one attached hydrogen (secondary N) is 3. The van der Waals surface area contributed by atoms with Gasteiger partial charge < -0.3 is 25.2 Å². The third-order valence-electron chi connectivity index (χ3n) is 2.38. The van der Waals surface area contributed by atoms with Crippen molar-refractivity contribution < 1.29 is 14.1 Å². The molecule has 0 fully saturated rings. The molecule has 0 radical (unpaired) electrons. The van der Waals surface area contributed by atoms with Gasteiger partial charge in [0, 0.05) is 26.6 Å². The molecule has 3 N–H and O–H groups in total. The van der Waals surface area contributed by atoms with E-state index in [0.717, 1.165) is 6.54 Å². The van der Waals surface area contributed by atoms with Gasteiger partial charge in [-0.1, -0.05) is 5.16 Å². The number of rotatable bonds is 6. The highest BCUT2D eigenvalue weighted by Gasteiger charge is 2.15. The van der Waals surface area contributed by atoms with E-state index in [1.165, 1.54) is 0 Å². The molecule has 0 spiro atoms. The van der Waals surface area contributed by atoms with Gasteiger partial charge in [0.25, 0.3) is 0 Å². The van der Waals surface area contributed by atoms with Gasteiger partial charge in [-0.05, 0) is 27.7 Å². The molecule has 0 aliphatic heterocycles. The lowest BCUT2D eigenvalue weighted by Gasteiger charge is -2.19. The zero-order chi connectivity index (χ0) is 17.3. The largest absolute Gasteiger partial charge is 0.444 e. The van der Waals surface area contributed by atoms with E-state index in [0.29, 0.717) is 37.3 Å². The number of guanidine groups is 1. The molecule has 9 heteroatoms. The molecule has 1 aromatic rings. The Morgan fingerprint density at radius 1 is 1.26 bits per heavy atom. The normalized spacial score (nSPS) is 12.0. The fourth-order valence-electron chi connectivity index (χ4n) is 1.56. The Labute approximate surface area is 136 Å². The van der Waals surface area contributed by atoms with Crippen molar-refractivity contribution in [2.75, 3.05) is 19.6 Å². The van der Waals surface area contributed by atoms with Crippen LogP contribution in [-0.2, 0) is 11.3 Å². The summed E-state index contributed by atoms with van der Waals surface area (Å²) in [6.07, 6.45) is -0.441. The number of amides is 1. The summed E-state index contributed by atoms with van der Waals surface area (Å²) >= 11 is 0. The molecule has 1 rings (SSSR count). The van der Waals surface area contributed by atoms with E-state index in [-0.39, 0.29) is 0 Å². The second-order valence-corrected chi connectivity index (χ2v) is 5.78. The van der Waals surface area contributed by atoms with E-state index in [1.807, 2.05) is 27.7 Å². The smallest absolute Gasteiger partial charge is 0.407 e. The fraction of sp³-hybridized carbons (Fsp3) is 0.714. The average Bonchev–Trinajstić information content (AvgIpc) is 2.84. The minimum atomic E-state index is -0.503. The van der Waals surface area contributed by atoms with Crippen molar-refractivity contribution in [1.29, 1.82) is 0 Å². The van der Waals surface area contributed by atoms with E-state index in [2.05, 4.69) is 31.1 Å². The van der Waals surface area contributed by atoms with Crippen LogP contribution in [0.3, 0.4) is 0 Å². The summed E-state index contributed by atoms with van der Waals surface area (Å²) in [6.45, 7) is 11.1. The first-order chi connectivity index (χ1) is 10.8. The van der Waals surface area contributed by atoms with Crippen LogP contribution in [-0.4, -0.2) is 47.4 Å². The van der Waals surface area contributed by atoms with Crippen LogP contribution in [0.15, 0.2) is 9.52 Å². The predicted molar refractivity (Wildman–Crippen MR) is 86.1 cm³/mol. The third-order valence-corrected chi connectivity index (χ3v) is 2.38. The molecule has 0 unspecified atom stereocenters. The van der Waals surface area contributed by atoms with Crippen LogP contribution in [0.2, 0.25) is 0 Å². The molecule has 130 valence electrons. The molecule has 0 bridgehead atoms. The maximum atomic E-state index is 11.5. The fourth-order valence-corrected chi connectivity index (χ4v) is 1.56. The van der Waals surface area contributed by atoms with Gasteiger partial charge in [0.15, 0.2) is 11.8 Å². The van der Waals surface area contributed by atoms with E-state index in [4.69, 9.17) is 9.26 Å². The second kappa shape index (κ2) is 8.96. The van der Waals surface area contributed by atoms with Crippen molar-refractivity contribution in [2.45, 2.75) is 46.8 Å². The van der Waals surface area contributed by atoms with E-state index >= 15 is 0 Å². The Kier molecular flexibility index (Phi) is 7.30. The van der Waals surface area contributed by atoms with E-state index in [1.54, 1.807) is 6.92 Å².